The highest BCUT2D eigenvalue weighted by Gasteiger charge is 2.16. The number of aromatic amines is 1. The van der Waals surface area contributed by atoms with Gasteiger partial charge in [0.15, 0.2) is 11.4 Å². The van der Waals surface area contributed by atoms with E-state index in [0.717, 1.165) is 5.75 Å². The van der Waals surface area contributed by atoms with Gasteiger partial charge in [-0.25, -0.2) is 4.79 Å². The van der Waals surface area contributed by atoms with Crippen molar-refractivity contribution in [3.8, 4) is 23.2 Å². The molecule has 0 amide bonds. The number of nitrogens with one attached hydrogen (secondary N) is 1. The highest BCUT2D eigenvalue weighted by atomic mass is 16.5. The first-order valence-electron chi connectivity index (χ1n) is 6.48. The van der Waals surface area contributed by atoms with Crippen molar-refractivity contribution < 1.29 is 9.53 Å². The molecule has 22 heavy (non-hydrogen) atoms. The number of hydrogen-bond donors (Lipinski definition) is 1. The Kier molecular flexibility index (Phi) is 3.42. The average Bonchev–Trinajstić information content (AvgIpc) is 2.97. The number of hydrogen-bond acceptors (Lipinski definition) is 4. The Morgan fingerprint density at radius 2 is 1.86 bits per heavy atom. The van der Waals surface area contributed by atoms with Crippen LogP contribution in [0, 0.1) is 11.3 Å². The number of ether oxygens (including phenoxy) is 1. The summed E-state index contributed by atoms with van der Waals surface area (Å²) in [5.41, 5.74) is 1.42. The minimum Gasteiger partial charge on any atom is -0.497 e. The van der Waals surface area contributed by atoms with Crippen LogP contribution in [0.5, 0.6) is 5.75 Å². The first-order chi connectivity index (χ1) is 10.7. The summed E-state index contributed by atoms with van der Waals surface area (Å²) >= 11 is 0. The van der Waals surface area contributed by atoms with Crippen molar-refractivity contribution >= 4 is 0 Å². The van der Waals surface area contributed by atoms with E-state index in [1.54, 1.807) is 55.6 Å². The van der Waals surface area contributed by atoms with Gasteiger partial charge in [0.1, 0.15) is 11.0 Å². The number of nitriles is 1. The highest BCUT2D eigenvalue weighted by Crippen LogP contribution is 2.10. The molecular formula is C15H12N5O2+. The standard InChI is InChI=1S/C15H11N5O2/c1-22-14-8-6-13(7-9-14)20-17-15(21)19(18-20)12-4-2-11(10-16)3-5-12/h2-9H,1H3/p+1. The zero-order valence-electron chi connectivity index (χ0n) is 11.7. The molecule has 0 radical (unpaired) electrons. The molecule has 0 aliphatic carbocycles. The molecule has 3 rings (SSSR count). The second-order valence-electron chi connectivity index (χ2n) is 4.49. The minimum atomic E-state index is -0.375. The van der Waals surface area contributed by atoms with E-state index in [1.807, 2.05) is 6.07 Å². The highest BCUT2D eigenvalue weighted by molar-refractivity contribution is 5.38. The molecule has 0 saturated carbocycles. The lowest BCUT2D eigenvalue weighted by Crippen LogP contribution is -2.37. The third-order valence-corrected chi connectivity index (χ3v) is 3.13. The zero-order valence-corrected chi connectivity index (χ0v) is 11.7. The van der Waals surface area contributed by atoms with Crippen molar-refractivity contribution in [2.24, 2.45) is 0 Å². The number of tetrazole rings is 1. The minimum absolute atomic E-state index is 0.375. The van der Waals surface area contributed by atoms with Crippen LogP contribution in [0.15, 0.2) is 53.3 Å². The van der Waals surface area contributed by atoms with Crippen molar-refractivity contribution in [3.63, 3.8) is 0 Å². The monoisotopic (exact) mass is 294 g/mol. The molecule has 7 heteroatoms. The third-order valence-electron chi connectivity index (χ3n) is 3.13. The normalized spacial score (nSPS) is 10.2. The molecule has 2 aromatic carbocycles. The van der Waals surface area contributed by atoms with Gasteiger partial charge >= 0.3 is 5.69 Å². The molecule has 0 bridgehead atoms. The molecule has 1 heterocycles. The van der Waals surface area contributed by atoms with Gasteiger partial charge in [-0.05, 0) is 58.0 Å². The maximum Gasteiger partial charge on any atom is 0.471 e. The molecule has 1 aromatic heterocycles. The van der Waals surface area contributed by atoms with Gasteiger partial charge in [0.05, 0.1) is 18.7 Å². The Balaban J connectivity index is 1.99. The van der Waals surface area contributed by atoms with Gasteiger partial charge in [-0.3, -0.25) is 0 Å². The molecule has 0 unspecified atom stereocenters. The Hall–Kier alpha value is -3.40. The Morgan fingerprint density at radius 1 is 1.18 bits per heavy atom. The molecule has 0 aliphatic heterocycles. The topological polar surface area (TPSA) is 87.6 Å². The Labute approximate surface area is 125 Å². The number of benzene rings is 2. The van der Waals surface area contributed by atoms with Crippen LogP contribution in [0.4, 0.5) is 0 Å². The fourth-order valence-electron chi connectivity index (χ4n) is 1.98. The van der Waals surface area contributed by atoms with Gasteiger partial charge in [-0.1, -0.05) is 0 Å². The van der Waals surface area contributed by atoms with Gasteiger partial charge < -0.3 is 4.74 Å². The van der Waals surface area contributed by atoms with Crippen molar-refractivity contribution in [2.75, 3.05) is 7.11 Å². The lowest BCUT2D eigenvalue weighted by molar-refractivity contribution is -0.718. The first-order valence-corrected chi connectivity index (χ1v) is 6.48. The molecule has 1 N–H and O–H groups in total. The second-order valence-corrected chi connectivity index (χ2v) is 4.49. The summed E-state index contributed by atoms with van der Waals surface area (Å²) in [6.45, 7) is 0. The van der Waals surface area contributed by atoms with E-state index in [1.165, 1.54) is 9.48 Å². The van der Waals surface area contributed by atoms with Crippen LogP contribution in [-0.4, -0.2) is 22.1 Å². The van der Waals surface area contributed by atoms with Gasteiger partial charge in [-0.2, -0.15) is 5.26 Å². The number of rotatable bonds is 3. The smallest absolute Gasteiger partial charge is 0.471 e. The van der Waals surface area contributed by atoms with Crippen molar-refractivity contribution in [3.05, 3.63) is 64.6 Å². The predicted molar refractivity (Wildman–Crippen MR) is 77.0 cm³/mol. The predicted octanol–water partition coefficient (Wildman–Crippen LogP) is 0.718. The summed E-state index contributed by atoms with van der Waals surface area (Å²) in [4.78, 5) is 13.4. The molecule has 0 atom stereocenters. The van der Waals surface area contributed by atoms with Gasteiger partial charge in [0.2, 0.25) is 0 Å². The lowest BCUT2D eigenvalue weighted by Gasteiger charge is -1.97. The van der Waals surface area contributed by atoms with Gasteiger partial charge in [-0.15, -0.1) is 5.10 Å². The fourth-order valence-corrected chi connectivity index (χ4v) is 1.98. The van der Waals surface area contributed by atoms with E-state index in [4.69, 9.17) is 10.00 Å². The fraction of sp³-hybridized carbons (Fsp3) is 0.0667. The average molecular weight is 294 g/mol. The Morgan fingerprint density at radius 3 is 2.45 bits per heavy atom. The van der Waals surface area contributed by atoms with E-state index in [0.29, 0.717) is 16.9 Å². The van der Waals surface area contributed by atoms with E-state index >= 15 is 0 Å². The van der Waals surface area contributed by atoms with E-state index in [-0.39, 0.29) is 5.69 Å². The van der Waals surface area contributed by atoms with Crippen LogP contribution in [0.2, 0.25) is 0 Å². The molecular weight excluding hydrogens is 282 g/mol. The van der Waals surface area contributed by atoms with Gasteiger partial charge in [0.25, 0.3) is 0 Å². The van der Waals surface area contributed by atoms with E-state index in [2.05, 4.69) is 10.3 Å². The van der Waals surface area contributed by atoms with Crippen LogP contribution in [0.25, 0.3) is 11.4 Å². The summed E-state index contributed by atoms with van der Waals surface area (Å²) in [6.07, 6.45) is 0. The Bertz CT molecular complexity index is 885. The van der Waals surface area contributed by atoms with Crippen LogP contribution in [-0.2, 0) is 0 Å². The molecule has 3 aromatic rings. The largest absolute Gasteiger partial charge is 0.497 e. The summed E-state index contributed by atoms with van der Waals surface area (Å²) in [7, 11) is 1.59. The van der Waals surface area contributed by atoms with Crippen LogP contribution in [0.1, 0.15) is 5.56 Å². The zero-order chi connectivity index (χ0) is 15.5. The SMILES string of the molecule is COc1ccc(-[n+]2nn(-c3ccc(C#N)cc3)c(=O)[nH]2)cc1. The van der Waals surface area contributed by atoms with Crippen LogP contribution >= 0.6 is 0 Å². The summed E-state index contributed by atoms with van der Waals surface area (Å²) in [6, 6.07) is 15.8. The maximum absolute atomic E-state index is 12.0. The van der Waals surface area contributed by atoms with E-state index < -0.39 is 0 Å². The number of nitrogens with zero attached hydrogens (tertiary/aromatic N) is 4. The molecule has 108 valence electrons. The summed E-state index contributed by atoms with van der Waals surface area (Å²) in [5.74, 6) is 0.721. The quantitative estimate of drug-likeness (QED) is 0.721. The maximum atomic E-state index is 12.0. The van der Waals surface area contributed by atoms with Crippen LogP contribution < -0.4 is 15.2 Å². The molecule has 0 aliphatic rings. The number of methoxy groups -OCH3 is 1. The van der Waals surface area contributed by atoms with Gasteiger partial charge in [0, 0.05) is 0 Å². The molecule has 7 nitrogen and oxygen atoms in total. The van der Waals surface area contributed by atoms with Crippen molar-refractivity contribution in [1.82, 2.24) is 15.0 Å². The molecule has 0 fully saturated rings. The lowest BCUT2D eigenvalue weighted by atomic mass is 10.2. The third kappa shape index (κ3) is 2.45. The number of H-pyrrole nitrogens is 1. The van der Waals surface area contributed by atoms with E-state index in [9.17, 15) is 4.79 Å². The first kappa shape index (κ1) is 13.6. The second kappa shape index (κ2) is 5.54. The molecule has 0 spiro atoms. The summed E-state index contributed by atoms with van der Waals surface area (Å²) in [5, 5.41) is 15.6. The van der Waals surface area contributed by atoms with Crippen LogP contribution in [0.3, 0.4) is 0 Å². The molecule has 0 saturated heterocycles. The summed E-state index contributed by atoms with van der Waals surface area (Å²) < 4.78 is 6.32. The van der Waals surface area contributed by atoms with Crippen molar-refractivity contribution in [2.45, 2.75) is 0 Å². The number of aromatic nitrogens is 4. The van der Waals surface area contributed by atoms with Crippen molar-refractivity contribution in [1.29, 1.82) is 5.26 Å².